The van der Waals surface area contributed by atoms with Crippen LogP contribution in [0.1, 0.15) is 11.3 Å². The molecular weight excluding hydrogens is 302 g/mol. The normalized spacial score (nSPS) is 10.5. The Kier molecular flexibility index (Phi) is 3.54. The van der Waals surface area contributed by atoms with Gasteiger partial charge < -0.3 is 10.2 Å². The molecule has 0 unspecified atom stereocenters. The molecule has 0 spiro atoms. The molecule has 88 valence electrons. The Bertz CT molecular complexity index is 568. The number of amidine groups is 1. The number of oxazole rings is 1. The SMILES string of the molecule is Cc1coc(Sc2ccc(C(=N)N)c(Br)c2)n1. The molecule has 0 bridgehead atoms. The van der Waals surface area contributed by atoms with Crippen LogP contribution in [0.2, 0.25) is 0 Å². The maximum absolute atomic E-state index is 7.38. The largest absolute Gasteiger partial charge is 0.439 e. The lowest BCUT2D eigenvalue weighted by molar-refractivity contribution is 0.454. The van der Waals surface area contributed by atoms with E-state index in [1.165, 1.54) is 11.8 Å². The van der Waals surface area contributed by atoms with Gasteiger partial charge in [-0.2, -0.15) is 0 Å². The monoisotopic (exact) mass is 311 g/mol. The molecule has 4 nitrogen and oxygen atoms in total. The van der Waals surface area contributed by atoms with Crippen molar-refractivity contribution in [2.45, 2.75) is 17.0 Å². The molecule has 0 fully saturated rings. The second kappa shape index (κ2) is 4.93. The second-order valence-corrected chi connectivity index (χ2v) is 5.29. The molecule has 0 aliphatic rings. The average Bonchev–Trinajstić information content (AvgIpc) is 2.63. The highest BCUT2D eigenvalue weighted by atomic mass is 79.9. The van der Waals surface area contributed by atoms with Gasteiger partial charge in [-0.25, -0.2) is 4.98 Å². The van der Waals surface area contributed by atoms with Gasteiger partial charge in [-0.05, 0) is 52.8 Å². The molecule has 0 saturated heterocycles. The van der Waals surface area contributed by atoms with Crippen LogP contribution < -0.4 is 5.73 Å². The minimum absolute atomic E-state index is 0.0420. The smallest absolute Gasteiger partial charge is 0.260 e. The van der Waals surface area contributed by atoms with E-state index in [1.807, 2.05) is 19.1 Å². The van der Waals surface area contributed by atoms with E-state index in [2.05, 4.69) is 20.9 Å². The molecular formula is C11H10BrN3OS. The lowest BCUT2D eigenvalue weighted by Gasteiger charge is -2.03. The first-order valence-electron chi connectivity index (χ1n) is 4.80. The number of halogens is 1. The van der Waals surface area contributed by atoms with Crippen LogP contribution in [0.5, 0.6) is 0 Å². The van der Waals surface area contributed by atoms with E-state index in [0.29, 0.717) is 10.8 Å². The lowest BCUT2D eigenvalue weighted by Crippen LogP contribution is -2.11. The van der Waals surface area contributed by atoms with Crippen LogP contribution in [0.3, 0.4) is 0 Å². The van der Waals surface area contributed by atoms with Gasteiger partial charge in [0.15, 0.2) is 0 Å². The fourth-order valence-electron chi connectivity index (χ4n) is 1.26. The molecule has 0 radical (unpaired) electrons. The lowest BCUT2D eigenvalue weighted by atomic mass is 10.2. The van der Waals surface area contributed by atoms with E-state index < -0.39 is 0 Å². The van der Waals surface area contributed by atoms with Gasteiger partial charge >= 0.3 is 0 Å². The summed E-state index contributed by atoms with van der Waals surface area (Å²) in [5.41, 5.74) is 6.97. The summed E-state index contributed by atoms with van der Waals surface area (Å²) in [6.07, 6.45) is 1.61. The van der Waals surface area contributed by atoms with Gasteiger partial charge in [0, 0.05) is 14.9 Å². The van der Waals surface area contributed by atoms with Crippen molar-refractivity contribution in [3.8, 4) is 0 Å². The third kappa shape index (κ3) is 2.89. The van der Waals surface area contributed by atoms with Gasteiger partial charge in [0.2, 0.25) is 0 Å². The highest BCUT2D eigenvalue weighted by Crippen LogP contribution is 2.30. The van der Waals surface area contributed by atoms with Crippen molar-refractivity contribution >= 4 is 33.5 Å². The predicted octanol–water partition coefficient (Wildman–Crippen LogP) is 3.18. The number of rotatable bonds is 3. The molecule has 6 heteroatoms. The van der Waals surface area contributed by atoms with Crippen LogP contribution in [0.15, 0.2) is 43.5 Å². The number of hydrogen-bond donors (Lipinski definition) is 2. The molecule has 1 heterocycles. The molecule has 2 aromatic rings. The number of aryl methyl sites for hydroxylation is 1. The minimum Gasteiger partial charge on any atom is -0.439 e. The van der Waals surface area contributed by atoms with Crippen molar-refractivity contribution in [1.82, 2.24) is 4.98 Å². The van der Waals surface area contributed by atoms with Gasteiger partial charge in [-0.3, -0.25) is 5.41 Å². The van der Waals surface area contributed by atoms with Gasteiger partial charge in [-0.15, -0.1) is 0 Å². The number of nitrogen functional groups attached to an aromatic ring is 1. The van der Waals surface area contributed by atoms with Crippen LogP contribution in [-0.2, 0) is 0 Å². The summed E-state index contributed by atoms with van der Waals surface area (Å²) < 4.78 is 6.05. The predicted molar refractivity (Wildman–Crippen MR) is 70.5 cm³/mol. The van der Waals surface area contributed by atoms with Crippen molar-refractivity contribution in [3.63, 3.8) is 0 Å². The first kappa shape index (κ1) is 12.2. The van der Waals surface area contributed by atoms with Gasteiger partial charge in [-0.1, -0.05) is 0 Å². The molecule has 1 aromatic carbocycles. The zero-order valence-electron chi connectivity index (χ0n) is 9.03. The van der Waals surface area contributed by atoms with Crippen molar-refractivity contribution in [3.05, 3.63) is 40.2 Å². The van der Waals surface area contributed by atoms with E-state index >= 15 is 0 Å². The zero-order valence-corrected chi connectivity index (χ0v) is 11.4. The number of hydrogen-bond acceptors (Lipinski definition) is 4. The summed E-state index contributed by atoms with van der Waals surface area (Å²) in [7, 11) is 0. The number of aromatic nitrogens is 1. The maximum atomic E-state index is 7.38. The molecule has 17 heavy (non-hydrogen) atoms. The fraction of sp³-hybridized carbons (Fsp3) is 0.0909. The second-order valence-electron chi connectivity index (χ2n) is 3.41. The number of nitrogens with zero attached hydrogens (tertiary/aromatic N) is 1. The quantitative estimate of drug-likeness (QED) is 0.674. The van der Waals surface area contributed by atoms with Crippen LogP contribution in [0, 0.1) is 12.3 Å². The first-order chi connectivity index (χ1) is 8.06. The third-order valence-electron chi connectivity index (χ3n) is 2.03. The van der Waals surface area contributed by atoms with Crippen molar-refractivity contribution in [2.75, 3.05) is 0 Å². The van der Waals surface area contributed by atoms with Crippen LogP contribution >= 0.6 is 27.7 Å². The Morgan fingerprint density at radius 2 is 2.29 bits per heavy atom. The molecule has 3 N–H and O–H groups in total. The maximum Gasteiger partial charge on any atom is 0.260 e. The Labute approximate surface area is 111 Å². The average molecular weight is 312 g/mol. The Balaban J connectivity index is 2.23. The standard InChI is InChI=1S/C11H10BrN3OS/c1-6-5-16-11(15-6)17-7-2-3-8(10(13)14)9(12)4-7/h2-5H,1H3,(H3,13,14). The van der Waals surface area contributed by atoms with Crippen molar-refractivity contribution in [1.29, 1.82) is 5.41 Å². The van der Waals surface area contributed by atoms with Crippen LogP contribution in [0.4, 0.5) is 0 Å². The highest BCUT2D eigenvalue weighted by molar-refractivity contribution is 9.10. The topological polar surface area (TPSA) is 75.9 Å². The molecule has 0 atom stereocenters. The van der Waals surface area contributed by atoms with Gasteiger partial charge in [0.25, 0.3) is 5.22 Å². The van der Waals surface area contributed by atoms with Crippen molar-refractivity contribution in [2.24, 2.45) is 5.73 Å². The highest BCUT2D eigenvalue weighted by Gasteiger charge is 2.07. The number of nitrogens with two attached hydrogens (primary N) is 1. The Morgan fingerprint density at radius 3 is 2.82 bits per heavy atom. The molecule has 0 saturated carbocycles. The summed E-state index contributed by atoms with van der Waals surface area (Å²) in [5.74, 6) is 0.0420. The Morgan fingerprint density at radius 1 is 1.53 bits per heavy atom. The molecule has 2 rings (SSSR count). The van der Waals surface area contributed by atoms with E-state index in [4.69, 9.17) is 15.6 Å². The molecule has 0 amide bonds. The molecule has 1 aromatic heterocycles. The first-order valence-corrected chi connectivity index (χ1v) is 6.41. The van der Waals surface area contributed by atoms with Crippen LogP contribution in [0.25, 0.3) is 0 Å². The summed E-state index contributed by atoms with van der Waals surface area (Å²) in [4.78, 5) is 5.18. The number of nitrogens with one attached hydrogen (secondary N) is 1. The van der Waals surface area contributed by atoms with E-state index in [1.54, 1.807) is 12.3 Å². The molecule has 0 aliphatic heterocycles. The number of benzene rings is 1. The van der Waals surface area contributed by atoms with Gasteiger partial charge in [0.05, 0.1) is 5.69 Å². The summed E-state index contributed by atoms with van der Waals surface area (Å²) in [6, 6.07) is 5.57. The van der Waals surface area contributed by atoms with Crippen LogP contribution in [-0.4, -0.2) is 10.8 Å². The van der Waals surface area contributed by atoms with Crippen molar-refractivity contribution < 1.29 is 4.42 Å². The van der Waals surface area contributed by atoms with E-state index in [9.17, 15) is 0 Å². The van der Waals surface area contributed by atoms with E-state index in [0.717, 1.165) is 15.1 Å². The summed E-state index contributed by atoms with van der Waals surface area (Å²) in [6.45, 7) is 1.88. The minimum atomic E-state index is 0.0420. The van der Waals surface area contributed by atoms with E-state index in [-0.39, 0.29) is 5.84 Å². The third-order valence-corrected chi connectivity index (χ3v) is 3.54. The summed E-state index contributed by atoms with van der Waals surface area (Å²) >= 11 is 4.81. The zero-order chi connectivity index (χ0) is 12.4. The van der Waals surface area contributed by atoms with Gasteiger partial charge in [0.1, 0.15) is 12.1 Å². The summed E-state index contributed by atoms with van der Waals surface area (Å²) in [5, 5.41) is 7.98. The Hall–Kier alpha value is -1.27. The fourth-order valence-corrected chi connectivity index (χ4v) is 2.80. The molecule has 0 aliphatic carbocycles.